The number of carbonyl (C=O) groups excluding carboxylic acids is 2. The Balaban J connectivity index is 1.89. The predicted octanol–water partition coefficient (Wildman–Crippen LogP) is 1.31. The van der Waals surface area contributed by atoms with E-state index < -0.39 is 0 Å². The van der Waals surface area contributed by atoms with Crippen molar-refractivity contribution in [2.24, 2.45) is 5.73 Å². The molecule has 0 aliphatic heterocycles. The molecule has 114 valence electrons. The number of nitrogens with one attached hydrogen (secondary N) is 2. The van der Waals surface area contributed by atoms with Gasteiger partial charge < -0.3 is 16.4 Å². The quantitative estimate of drug-likeness (QED) is 0.751. The minimum absolute atomic E-state index is 0.120. The first kappa shape index (κ1) is 15.7. The molecule has 0 spiro atoms. The number of nitrogens with two attached hydrogens (primary N) is 1. The Bertz CT molecular complexity index is 624. The van der Waals surface area contributed by atoms with Crippen molar-refractivity contribution < 1.29 is 9.59 Å². The fourth-order valence-corrected chi connectivity index (χ4v) is 1.94. The van der Waals surface area contributed by atoms with Gasteiger partial charge in [-0.2, -0.15) is 0 Å². The van der Waals surface area contributed by atoms with Gasteiger partial charge in [0.05, 0.1) is 0 Å². The van der Waals surface area contributed by atoms with Crippen LogP contribution in [0.2, 0.25) is 0 Å². The summed E-state index contributed by atoms with van der Waals surface area (Å²) in [5, 5.41) is 5.55. The van der Waals surface area contributed by atoms with Gasteiger partial charge in [0.1, 0.15) is 0 Å². The topological polar surface area (TPSA) is 84.2 Å². The molecule has 0 unspecified atom stereocenters. The number of hydrogen-bond acceptors (Lipinski definition) is 3. The molecule has 2 aromatic rings. The molecule has 5 nitrogen and oxygen atoms in total. The highest BCUT2D eigenvalue weighted by atomic mass is 16.2. The normalized spacial score (nSPS) is 10.0. The van der Waals surface area contributed by atoms with Crippen LogP contribution in [0.4, 0.5) is 0 Å². The van der Waals surface area contributed by atoms with Crippen molar-refractivity contribution >= 4 is 11.8 Å². The summed E-state index contributed by atoms with van der Waals surface area (Å²) in [5.41, 5.74) is 7.47. The third-order valence-corrected chi connectivity index (χ3v) is 3.14. The Morgan fingerprint density at radius 3 is 2.05 bits per heavy atom. The van der Waals surface area contributed by atoms with E-state index in [1.54, 1.807) is 24.3 Å². The van der Waals surface area contributed by atoms with Crippen LogP contribution in [0.15, 0.2) is 54.6 Å². The van der Waals surface area contributed by atoms with Crippen molar-refractivity contribution in [2.45, 2.75) is 6.54 Å². The maximum Gasteiger partial charge on any atom is 0.251 e. The van der Waals surface area contributed by atoms with Gasteiger partial charge >= 0.3 is 0 Å². The number of benzene rings is 2. The zero-order valence-electron chi connectivity index (χ0n) is 12.2. The van der Waals surface area contributed by atoms with Gasteiger partial charge in [-0.1, -0.05) is 30.3 Å². The van der Waals surface area contributed by atoms with E-state index in [0.29, 0.717) is 30.8 Å². The van der Waals surface area contributed by atoms with Crippen LogP contribution < -0.4 is 16.4 Å². The van der Waals surface area contributed by atoms with E-state index in [4.69, 9.17) is 5.73 Å². The number of rotatable bonds is 6. The minimum Gasteiger partial charge on any atom is -0.351 e. The Hall–Kier alpha value is -2.66. The van der Waals surface area contributed by atoms with Crippen LogP contribution in [0, 0.1) is 0 Å². The van der Waals surface area contributed by atoms with Crippen LogP contribution >= 0.6 is 0 Å². The van der Waals surface area contributed by atoms with Crippen LogP contribution in [0.3, 0.4) is 0 Å². The third-order valence-electron chi connectivity index (χ3n) is 3.14. The summed E-state index contributed by atoms with van der Waals surface area (Å²) in [6.07, 6.45) is 0. The van der Waals surface area contributed by atoms with E-state index in [9.17, 15) is 9.59 Å². The predicted molar refractivity (Wildman–Crippen MR) is 85.4 cm³/mol. The van der Waals surface area contributed by atoms with E-state index in [2.05, 4.69) is 10.6 Å². The molecule has 0 fully saturated rings. The van der Waals surface area contributed by atoms with Crippen molar-refractivity contribution in [1.82, 2.24) is 10.6 Å². The Morgan fingerprint density at radius 1 is 0.818 bits per heavy atom. The first-order chi connectivity index (χ1) is 10.7. The molecule has 4 N–H and O–H groups in total. The van der Waals surface area contributed by atoms with E-state index in [0.717, 1.165) is 5.56 Å². The van der Waals surface area contributed by atoms with E-state index in [1.807, 2.05) is 30.3 Å². The summed E-state index contributed by atoms with van der Waals surface area (Å²) in [4.78, 5) is 23.7. The van der Waals surface area contributed by atoms with Gasteiger partial charge in [-0.15, -0.1) is 0 Å². The van der Waals surface area contributed by atoms with Crippen LogP contribution in [-0.4, -0.2) is 24.9 Å². The smallest absolute Gasteiger partial charge is 0.251 e. The lowest BCUT2D eigenvalue weighted by Gasteiger charge is -2.07. The lowest BCUT2D eigenvalue weighted by atomic mass is 10.1. The van der Waals surface area contributed by atoms with Gasteiger partial charge in [-0.25, -0.2) is 0 Å². The van der Waals surface area contributed by atoms with Crippen molar-refractivity contribution in [1.29, 1.82) is 0 Å². The second-order valence-corrected chi connectivity index (χ2v) is 4.79. The summed E-state index contributed by atoms with van der Waals surface area (Å²) in [5.74, 6) is -0.268. The Labute approximate surface area is 129 Å². The van der Waals surface area contributed by atoms with Crippen molar-refractivity contribution in [3.8, 4) is 0 Å². The lowest BCUT2D eigenvalue weighted by Crippen LogP contribution is -2.29. The second kappa shape index (κ2) is 7.95. The molecule has 0 atom stereocenters. The number of amides is 2. The van der Waals surface area contributed by atoms with E-state index in [1.165, 1.54) is 0 Å². The molecule has 0 saturated carbocycles. The molecule has 0 radical (unpaired) electrons. The zero-order chi connectivity index (χ0) is 15.8. The van der Waals surface area contributed by atoms with Gasteiger partial charge in [0.25, 0.3) is 11.8 Å². The number of carbonyl (C=O) groups is 2. The van der Waals surface area contributed by atoms with Gasteiger partial charge in [-0.3, -0.25) is 9.59 Å². The summed E-state index contributed by atoms with van der Waals surface area (Å²) in [7, 11) is 0. The van der Waals surface area contributed by atoms with Crippen LogP contribution in [0.25, 0.3) is 0 Å². The van der Waals surface area contributed by atoms with E-state index in [-0.39, 0.29) is 11.8 Å². The molecule has 0 aliphatic carbocycles. The molecule has 0 bridgehead atoms. The first-order valence-electron chi connectivity index (χ1n) is 7.11. The Kier molecular flexibility index (Phi) is 5.68. The molecule has 0 saturated heterocycles. The SMILES string of the molecule is NCCNC(=O)c1ccc(CNC(=O)c2ccccc2)cc1. The standard InChI is InChI=1S/C17H19N3O2/c18-10-11-19-16(21)15-8-6-13(7-9-15)12-20-17(22)14-4-2-1-3-5-14/h1-9H,10-12,18H2,(H,19,21)(H,20,22). The fourth-order valence-electron chi connectivity index (χ4n) is 1.94. The van der Waals surface area contributed by atoms with Crippen molar-refractivity contribution in [2.75, 3.05) is 13.1 Å². The van der Waals surface area contributed by atoms with Crippen LogP contribution in [0.1, 0.15) is 26.3 Å². The van der Waals surface area contributed by atoms with Crippen molar-refractivity contribution in [3.63, 3.8) is 0 Å². The summed E-state index contributed by atoms with van der Waals surface area (Å²) >= 11 is 0. The summed E-state index contributed by atoms with van der Waals surface area (Å²) in [6.45, 7) is 1.28. The molecule has 0 heterocycles. The largest absolute Gasteiger partial charge is 0.351 e. The highest BCUT2D eigenvalue weighted by Crippen LogP contribution is 2.05. The van der Waals surface area contributed by atoms with Crippen molar-refractivity contribution in [3.05, 3.63) is 71.3 Å². The van der Waals surface area contributed by atoms with E-state index >= 15 is 0 Å². The van der Waals surface area contributed by atoms with Gasteiger partial charge in [0.15, 0.2) is 0 Å². The monoisotopic (exact) mass is 297 g/mol. The molecular formula is C17H19N3O2. The van der Waals surface area contributed by atoms with Crippen LogP contribution in [-0.2, 0) is 6.54 Å². The molecule has 2 aromatic carbocycles. The molecule has 0 aliphatic rings. The zero-order valence-corrected chi connectivity index (χ0v) is 12.2. The molecule has 5 heteroatoms. The third kappa shape index (κ3) is 4.43. The highest BCUT2D eigenvalue weighted by molar-refractivity contribution is 5.94. The molecule has 2 rings (SSSR count). The van der Waals surface area contributed by atoms with Gasteiger partial charge in [-0.05, 0) is 29.8 Å². The molecule has 2 amide bonds. The minimum atomic E-state index is -0.148. The van der Waals surface area contributed by atoms with Gasteiger partial charge in [0.2, 0.25) is 0 Å². The average Bonchev–Trinajstić information content (AvgIpc) is 2.58. The maximum absolute atomic E-state index is 11.9. The van der Waals surface area contributed by atoms with Gasteiger partial charge in [0, 0.05) is 30.8 Å². The molecule has 22 heavy (non-hydrogen) atoms. The lowest BCUT2D eigenvalue weighted by molar-refractivity contribution is 0.0943. The molecular weight excluding hydrogens is 278 g/mol. The molecule has 0 aromatic heterocycles. The summed E-state index contributed by atoms with van der Waals surface area (Å²) in [6, 6.07) is 16.1. The first-order valence-corrected chi connectivity index (χ1v) is 7.11. The highest BCUT2D eigenvalue weighted by Gasteiger charge is 2.06. The second-order valence-electron chi connectivity index (χ2n) is 4.79. The maximum atomic E-state index is 11.9. The Morgan fingerprint density at radius 2 is 1.41 bits per heavy atom. The number of hydrogen-bond donors (Lipinski definition) is 3. The average molecular weight is 297 g/mol. The summed E-state index contributed by atoms with van der Waals surface area (Å²) < 4.78 is 0. The fraction of sp³-hybridized carbons (Fsp3) is 0.176. The van der Waals surface area contributed by atoms with Crippen LogP contribution in [0.5, 0.6) is 0 Å².